The zero-order chi connectivity index (χ0) is 20.4. The summed E-state index contributed by atoms with van der Waals surface area (Å²) in [4.78, 5) is 2.74. The number of piperidine rings is 1. The molecule has 5 rings (SSSR count). The molecule has 2 bridgehead atoms. The lowest BCUT2D eigenvalue weighted by molar-refractivity contribution is 0.0422. The Labute approximate surface area is 180 Å². The molecule has 3 aromatic rings. The first-order chi connectivity index (χ1) is 14.7. The molecule has 0 spiro atoms. The van der Waals surface area contributed by atoms with Gasteiger partial charge in [-0.25, -0.2) is 0 Å². The zero-order valence-electron chi connectivity index (χ0n) is 17.6. The molecule has 1 heterocycles. The van der Waals surface area contributed by atoms with Gasteiger partial charge in [-0.1, -0.05) is 72.8 Å². The van der Waals surface area contributed by atoms with Gasteiger partial charge < -0.3 is 5.11 Å². The fraction of sp³-hybridized carbons (Fsp3) is 0.357. The summed E-state index contributed by atoms with van der Waals surface area (Å²) in [5.41, 5.74) is 4.40. The van der Waals surface area contributed by atoms with E-state index in [4.69, 9.17) is 0 Å². The first-order valence-corrected chi connectivity index (χ1v) is 11.3. The third-order valence-corrected chi connectivity index (χ3v) is 7.47. The normalized spacial score (nSPS) is 26.4. The molecular formula is C28H31NO. The minimum absolute atomic E-state index is 0.172. The van der Waals surface area contributed by atoms with Crippen molar-refractivity contribution in [1.29, 1.82) is 0 Å². The zero-order valence-corrected chi connectivity index (χ0v) is 17.6. The fourth-order valence-corrected chi connectivity index (χ4v) is 5.93. The van der Waals surface area contributed by atoms with Crippen LogP contribution in [-0.4, -0.2) is 29.1 Å². The summed E-state index contributed by atoms with van der Waals surface area (Å²) in [5, 5.41) is 10.2. The van der Waals surface area contributed by atoms with Gasteiger partial charge in [0.05, 0.1) is 0 Å². The molecular weight excluding hydrogens is 366 g/mol. The van der Waals surface area contributed by atoms with Gasteiger partial charge in [0.25, 0.3) is 0 Å². The highest BCUT2D eigenvalue weighted by Crippen LogP contribution is 2.52. The standard InChI is InChI=1S/C28H31NO/c30-27-13-7-12-25(19-27)28-15-17-29(16-14-22-8-3-1-4-9-22)26(21-28)18-24(20-28)23-10-5-2-6-11-23/h1-13,19,24,26,30H,14-18,20-21H2/t24-,26?,28?/m0/s1. The van der Waals surface area contributed by atoms with Crippen molar-refractivity contribution in [3.63, 3.8) is 0 Å². The molecule has 2 aliphatic rings. The monoisotopic (exact) mass is 397 g/mol. The predicted molar refractivity (Wildman–Crippen MR) is 123 cm³/mol. The Balaban J connectivity index is 1.42. The van der Waals surface area contributed by atoms with Gasteiger partial charge >= 0.3 is 0 Å². The van der Waals surface area contributed by atoms with Crippen LogP contribution in [0.1, 0.15) is 48.3 Å². The summed E-state index contributed by atoms with van der Waals surface area (Å²) >= 11 is 0. The van der Waals surface area contributed by atoms with E-state index in [1.54, 1.807) is 6.07 Å². The van der Waals surface area contributed by atoms with E-state index in [-0.39, 0.29) is 5.41 Å². The lowest BCUT2D eigenvalue weighted by atomic mass is 9.59. The van der Waals surface area contributed by atoms with Crippen LogP contribution >= 0.6 is 0 Å². The number of rotatable bonds is 5. The van der Waals surface area contributed by atoms with Crippen molar-refractivity contribution in [3.8, 4) is 5.75 Å². The highest BCUT2D eigenvalue weighted by atomic mass is 16.3. The average molecular weight is 398 g/mol. The van der Waals surface area contributed by atoms with E-state index in [2.05, 4.69) is 71.6 Å². The minimum atomic E-state index is 0.172. The number of fused-ring (bicyclic) bond motifs is 2. The average Bonchev–Trinajstić information content (AvgIpc) is 2.80. The van der Waals surface area contributed by atoms with E-state index in [0.717, 1.165) is 19.5 Å². The number of aromatic hydroxyl groups is 1. The molecule has 3 atom stereocenters. The van der Waals surface area contributed by atoms with Crippen molar-refractivity contribution in [2.45, 2.75) is 49.5 Å². The summed E-state index contributed by atoms with van der Waals surface area (Å²) in [6, 6.07) is 30.6. The Kier molecular flexibility index (Phi) is 5.35. The third-order valence-electron chi connectivity index (χ3n) is 7.47. The first-order valence-electron chi connectivity index (χ1n) is 11.3. The lowest BCUT2D eigenvalue weighted by Gasteiger charge is -2.53. The molecule has 0 aromatic heterocycles. The molecule has 2 fully saturated rings. The molecule has 1 saturated carbocycles. The Hall–Kier alpha value is -2.58. The van der Waals surface area contributed by atoms with Gasteiger partial charge in [0.2, 0.25) is 0 Å². The summed E-state index contributed by atoms with van der Waals surface area (Å²) in [5.74, 6) is 0.971. The van der Waals surface area contributed by atoms with Crippen LogP contribution < -0.4 is 0 Å². The van der Waals surface area contributed by atoms with Crippen molar-refractivity contribution in [2.24, 2.45) is 0 Å². The SMILES string of the molecule is Oc1cccc(C23CCN(CCc4ccccc4)C(C[C@H](c4ccccc4)C2)C3)c1. The smallest absolute Gasteiger partial charge is 0.115 e. The highest BCUT2D eigenvalue weighted by molar-refractivity contribution is 5.36. The van der Waals surface area contributed by atoms with Gasteiger partial charge in [0.1, 0.15) is 5.75 Å². The van der Waals surface area contributed by atoms with Crippen LogP contribution in [0.3, 0.4) is 0 Å². The second-order valence-corrected chi connectivity index (χ2v) is 9.26. The van der Waals surface area contributed by atoms with E-state index in [1.165, 1.54) is 42.4 Å². The topological polar surface area (TPSA) is 23.5 Å². The number of phenolic OH excluding ortho intramolecular Hbond substituents is 1. The molecule has 1 aliphatic heterocycles. The maximum atomic E-state index is 10.2. The van der Waals surface area contributed by atoms with Crippen LogP contribution in [0, 0.1) is 0 Å². The number of hydrogen-bond acceptors (Lipinski definition) is 2. The number of nitrogens with zero attached hydrogens (tertiary/aromatic N) is 1. The fourth-order valence-electron chi connectivity index (χ4n) is 5.93. The molecule has 1 saturated heterocycles. The summed E-state index contributed by atoms with van der Waals surface area (Å²) in [7, 11) is 0. The van der Waals surface area contributed by atoms with Gasteiger partial charge in [0, 0.05) is 12.6 Å². The van der Waals surface area contributed by atoms with Crippen molar-refractivity contribution in [2.75, 3.05) is 13.1 Å². The summed E-state index contributed by atoms with van der Waals surface area (Å²) in [6.07, 6.45) is 5.91. The minimum Gasteiger partial charge on any atom is -0.508 e. The molecule has 30 heavy (non-hydrogen) atoms. The molecule has 0 radical (unpaired) electrons. The van der Waals surface area contributed by atoms with Crippen molar-refractivity contribution < 1.29 is 5.11 Å². The maximum Gasteiger partial charge on any atom is 0.115 e. The molecule has 1 aliphatic carbocycles. The van der Waals surface area contributed by atoms with E-state index >= 15 is 0 Å². The Morgan fingerprint density at radius 3 is 2.40 bits per heavy atom. The molecule has 154 valence electrons. The Morgan fingerprint density at radius 1 is 0.867 bits per heavy atom. The molecule has 2 heteroatoms. The number of likely N-dealkylation sites (tertiary alicyclic amines) is 1. The highest BCUT2D eigenvalue weighted by Gasteiger charge is 2.47. The molecule has 0 amide bonds. The van der Waals surface area contributed by atoms with E-state index < -0.39 is 0 Å². The van der Waals surface area contributed by atoms with Gasteiger partial charge in [-0.3, -0.25) is 4.90 Å². The van der Waals surface area contributed by atoms with Gasteiger partial charge in [-0.05, 0) is 78.8 Å². The van der Waals surface area contributed by atoms with Crippen LogP contribution in [0.2, 0.25) is 0 Å². The van der Waals surface area contributed by atoms with Gasteiger partial charge in [-0.15, -0.1) is 0 Å². The quantitative estimate of drug-likeness (QED) is 0.578. The van der Waals surface area contributed by atoms with E-state index in [1.807, 2.05) is 12.1 Å². The second kappa shape index (κ2) is 8.28. The van der Waals surface area contributed by atoms with Crippen molar-refractivity contribution in [3.05, 3.63) is 102 Å². The van der Waals surface area contributed by atoms with E-state index in [9.17, 15) is 5.11 Å². The lowest BCUT2D eigenvalue weighted by Crippen LogP contribution is -2.53. The number of hydrogen-bond donors (Lipinski definition) is 1. The first kappa shape index (κ1) is 19.4. The Bertz CT molecular complexity index is 970. The van der Waals surface area contributed by atoms with E-state index in [0.29, 0.717) is 17.7 Å². The molecule has 3 aromatic carbocycles. The second-order valence-electron chi connectivity index (χ2n) is 9.26. The van der Waals surface area contributed by atoms with Crippen LogP contribution in [0.25, 0.3) is 0 Å². The van der Waals surface area contributed by atoms with Gasteiger partial charge in [-0.2, -0.15) is 0 Å². The van der Waals surface area contributed by atoms with Crippen molar-refractivity contribution >= 4 is 0 Å². The van der Waals surface area contributed by atoms with Crippen LogP contribution in [0.4, 0.5) is 0 Å². The summed E-state index contributed by atoms with van der Waals surface area (Å²) in [6.45, 7) is 2.28. The van der Waals surface area contributed by atoms with Crippen LogP contribution in [-0.2, 0) is 11.8 Å². The molecule has 2 unspecified atom stereocenters. The van der Waals surface area contributed by atoms with Crippen molar-refractivity contribution in [1.82, 2.24) is 4.90 Å². The van der Waals surface area contributed by atoms with Crippen LogP contribution in [0.5, 0.6) is 5.75 Å². The molecule has 2 nitrogen and oxygen atoms in total. The largest absolute Gasteiger partial charge is 0.508 e. The van der Waals surface area contributed by atoms with Gasteiger partial charge in [0.15, 0.2) is 0 Å². The molecule has 1 N–H and O–H groups in total. The number of phenols is 1. The maximum absolute atomic E-state index is 10.2. The number of benzene rings is 3. The van der Waals surface area contributed by atoms with Crippen LogP contribution in [0.15, 0.2) is 84.9 Å². The third kappa shape index (κ3) is 3.89. The summed E-state index contributed by atoms with van der Waals surface area (Å²) < 4.78 is 0. The Morgan fingerprint density at radius 2 is 1.63 bits per heavy atom. The predicted octanol–water partition coefficient (Wildman–Crippen LogP) is 5.91.